The van der Waals surface area contributed by atoms with Gasteiger partial charge in [-0.1, -0.05) is 84.9 Å². The molecule has 6 nitrogen and oxygen atoms in total. The van der Waals surface area contributed by atoms with E-state index in [0.717, 1.165) is 11.0 Å². The summed E-state index contributed by atoms with van der Waals surface area (Å²) in [4.78, 5) is 27.9. The Bertz CT molecular complexity index is 1470. The second-order valence-electron chi connectivity index (χ2n) is 7.74. The molecular weight excluding hydrogens is 452 g/mol. The zero-order valence-corrected chi connectivity index (χ0v) is 19.2. The van der Waals surface area contributed by atoms with E-state index in [9.17, 15) is 9.59 Å². The summed E-state index contributed by atoms with van der Waals surface area (Å²) in [7, 11) is 0. The Morgan fingerprint density at radius 2 is 0.833 bits per heavy atom. The molecule has 36 heavy (non-hydrogen) atoms. The third-order valence-electron chi connectivity index (χ3n) is 5.36. The lowest BCUT2D eigenvalue weighted by molar-refractivity contribution is -0.134. The smallest absolute Gasteiger partial charge is 0.328 e. The highest BCUT2D eigenvalue weighted by Gasteiger charge is 1.99. The summed E-state index contributed by atoms with van der Waals surface area (Å²) in [6, 6.07) is 33.1. The number of rotatable bonds is 2. The van der Waals surface area contributed by atoms with Crippen molar-refractivity contribution in [3.63, 3.8) is 0 Å². The number of para-hydroxylation sites is 2. The molecule has 2 aromatic heterocycles. The number of carbonyl (C=O) groups is 2. The van der Waals surface area contributed by atoms with Crippen LogP contribution in [0.1, 0.15) is 0 Å². The Balaban J connectivity index is 0.000000133. The van der Waals surface area contributed by atoms with Crippen molar-refractivity contribution in [3.8, 4) is 0 Å². The Labute approximate surface area is 206 Å². The molecule has 0 aliphatic rings. The van der Waals surface area contributed by atoms with Crippen molar-refractivity contribution in [2.24, 2.45) is 0 Å². The van der Waals surface area contributed by atoms with Crippen LogP contribution in [0.3, 0.4) is 0 Å². The Morgan fingerprint density at radius 3 is 1.22 bits per heavy atom. The monoisotopic (exact) mass is 474 g/mol. The fraction of sp³-hybridized carbons (Fsp3) is 0. The number of nitrogens with zero attached hydrogens (tertiary/aromatic N) is 2. The fourth-order valence-corrected chi connectivity index (χ4v) is 3.76. The van der Waals surface area contributed by atoms with Crippen LogP contribution in [0.5, 0.6) is 0 Å². The predicted octanol–water partition coefficient (Wildman–Crippen LogP) is 6.49. The highest BCUT2D eigenvalue weighted by Crippen LogP contribution is 2.23. The number of aromatic nitrogens is 2. The summed E-state index contributed by atoms with van der Waals surface area (Å²) in [6.45, 7) is 0. The number of benzene rings is 4. The maximum atomic E-state index is 9.55. The van der Waals surface area contributed by atoms with Crippen LogP contribution < -0.4 is 0 Å². The number of hydrogen-bond acceptors (Lipinski definition) is 4. The molecule has 0 atom stereocenters. The zero-order chi connectivity index (χ0) is 25.3. The molecule has 0 fully saturated rings. The third-order valence-corrected chi connectivity index (χ3v) is 5.36. The predicted molar refractivity (Wildman–Crippen MR) is 143 cm³/mol. The minimum absolute atomic E-state index is 0.558. The molecule has 6 aromatic rings. The first-order chi connectivity index (χ1) is 17.5. The summed E-state index contributed by atoms with van der Waals surface area (Å²) in [5.41, 5.74) is 2.12. The molecule has 0 radical (unpaired) electrons. The van der Waals surface area contributed by atoms with Gasteiger partial charge in [-0.25, -0.2) is 9.59 Å². The molecule has 176 valence electrons. The van der Waals surface area contributed by atoms with Crippen LogP contribution in [0.15, 0.2) is 122 Å². The van der Waals surface area contributed by atoms with Crippen molar-refractivity contribution in [1.29, 1.82) is 0 Å². The standard InChI is InChI=1S/2C13H9N.C4H4O4/c2*1-2-6-11-10(5-1)9-14-13-8-4-3-7-12(11)13;5-3(6)1-2-4(7)8/h2*1-9H;1-2H,(H,5,6)(H,7,8)/b;;2-1+. The van der Waals surface area contributed by atoms with Crippen molar-refractivity contribution in [3.05, 3.63) is 122 Å². The fourth-order valence-electron chi connectivity index (χ4n) is 3.76. The molecule has 0 amide bonds. The maximum absolute atomic E-state index is 9.55. The summed E-state index contributed by atoms with van der Waals surface area (Å²) in [5, 5.41) is 23.0. The third kappa shape index (κ3) is 5.87. The van der Waals surface area contributed by atoms with E-state index in [1.54, 1.807) is 0 Å². The van der Waals surface area contributed by atoms with Crippen LogP contribution in [0.25, 0.3) is 43.4 Å². The van der Waals surface area contributed by atoms with Crippen molar-refractivity contribution in [1.82, 2.24) is 9.97 Å². The SMILES string of the molecule is O=C(O)/C=C/C(=O)O.c1ccc2c(c1)cnc1ccccc12.c1ccc2c(c1)cnc1ccccc12. The van der Waals surface area contributed by atoms with Crippen molar-refractivity contribution in [2.45, 2.75) is 0 Å². The molecule has 0 spiro atoms. The average molecular weight is 475 g/mol. The van der Waals surface area contributed by atoms with Gasteiger partial charge in [0.2, 0.25) is 0 Å². The van der Waals surface area contributed by atoms with E-state index >= 15 is 0 Å². The number of carboxylic acid groups (broad SMARTS) is 2. The lowest BCUT2D eigenvalue weighted by Crippen LogP contribution is -1.91. The average Bonchev–Trinajstić information content (AvgIpc) is 2.92. The molecule has 0 aliphatic heterocycles. The molecule has 0 saturated heterocycles. The van der Waals surface area contributed by atoms with Gasteiger partial charge in [0.15, 0.2) is 0 Å². The highest BCUT2D eigenvalue weighted by molar-refractivity contribution is 6.06. The summed E-state index contributed by atoms with van der Waals surface area (Å²) in [5.74, 6) is -2.51. The van der Waals surface area contributed by atoms with Crippen LogP contribution in [0, 0.1) is 0 Å². The van der Waals surface area contributed by atoms with Crippen LogP contribution in [0.4, 0.5) is 0 Å². The summed E-state index contributed by atoms with van der Waals surface area (Å²) in [6.07, 6.45) is 4.97. The number of aliphatic carboxylic acids is 2. The second kappa shape index (κ2) is 11.4. The molecule has 0 saturated carbocycles. The Kier molecular flexibility index (Phi) is 7.58. The van der Waals surface area contributed by atoms with Crippen LogP contribution in [-0.4, -0.2) is 32.1 Å². The number of carboxylic acids is 2. The summed E-state index contributed by atoms with van der Waals surface area (Å²) < 4.78 is 0. The summed E-state index contributed by atoms with van der Waals surface area (Å²) >= 11 is 0. The van der Waals surface area contributed by atoms with E-state index in [0.29, 0.717) is 12.2 Å². The number of pyridine rings is 2. The van der Waals surface area contributed by atoms with E-state index in [2.05, 4.69) is 70.6 Å². The van der Waals surface area contributed by atoms with Gasteiger partial charge in [0.1, 0.15) is 0 Å². The molecule has 6 rings (SSSR count). The lowest BCUT2D eigenvalue weighted by atomic mass is 10.1. The molecule has 4 aromatic carbocycles. The molecule has 0 bridgehead atoms. The normalized spacial score (nSPS) is 10.6. The van der Waals surface area contributed by atoms with Crippen molar-refractivity contribution < 1.29 is 19.8 Å². The second-order valence-corrected chi connectivity index (χ2v) is 7.74. The van der Waals surface area contributed by atoms with E-state index < -0.39 is 11.9 Å². The molecular formula is C30H22N2O4. The van der Waals surface area contributed by atoms with Gasteiger partial charge in [-0.15, -0.1) is 0 Å². The van der Waals surface area contributed by atoms with Gasteiger partial charge in [-0.2, -0.15) is 0 Å². The van der Waals surface area contributed by atoms with E-state index in [4.69, 9.17) is 10.2 Å². The molecule has 2 N–H and O–H groups in total. The highest BCUT2D eigenvalue weighted by atomic mass is 16.4. The van der Waals surface area contributed by atoms with Crippen LogP contribution >= 0.6 is 0 Å². The maximum Gasteiger partial charge on any atom is 0.328 e. The van der Waals surface area contributed by atoms with E-state index in [1.807, 2.05) is 48.8 Å². The molecule has 0 aliphatic carbocycles. The Hall–Kier alpha value is -5.10. The van der Waals surface area contributed by atoms with Gasteiger partial charge in [0.05, 0.1) is 11.0 Å². The van der Waals surface area contributed by atoms with E-state index in [1.165, 1.54) is 32.3 Å². The minimum atomic E-state index is -1.26. The first kappa shape index (κ1) is 24.0. The number of hydrogen-bond donors (Lipinski definition) is 2. The van der Waals surface area contributed by atoms with E-state index in [-0.39, 0.29) is 0 Å². The van der Waals surface area contributed by atoms with Gasteiger partial charge in [0.25, 0.3) is 0 Å². The Morgan fingerprint density at radius 1 is 0.500 bits per heavy atom. The van der Waals surface area contributed by atoms with Crippen molar-refractivity contribution in [2.75, 3.05) is 0 Å². The van der Waals surface area contributed by atoms with Gasteiger partial charge in [-0.05, 0) is 22.9 Å². The van der Waals surface area contributed by atoms with Crippen LogP contribution in [-0.2, 0) is 9.59 Å². The largest absolute Gasteiger partial charge is 0.478 e. The first-order valence-electron chi connectivity index (χ1n) is 11.1. The quantitative estimate of drug-likeness (QED) is 0.220. The number of fused-ring (bicyclic) bond motifs is 6. The zero-order valence-electron chi connectivity index (χ0n) is 19.2. The lowest BCUT2D eigenvalue weighted by Gasteiger charge is -2.01. The van der Waals surface area contributed by atoms with Gasteiger partial charge >= 0.3 is 11.9 Å². The molecule has 0 unspecified atom stereocenters. The van der Waals surface area contributed by atoms with Gasteiger partial charge < -0.3 is 10.2 Å². The molecule has 2 heterocycles. The topological polar surface area (TPSA) is 100 Å². The van der Waals surface area contributed by atoms with Gasteiger partial charge in [-0.3, -0.25) is 9.97 Å². The van der Waals surface area contributed by atoms with Crippen LogP contribution in [0.2, 0.25) is 0 Å². The van der Waals surface area contributed by atoms with Gasteiger partial charge in [0, 0.05) is 46.1 Å². The van der Waals surface area contributed by atoms with Crippen molar-refractivity contribution >= 4 is 55.3 Å². The first-order valence-corrected chi connectivity index (χ1v) is 11.1. The molecule has 6 heteroatoms. The minimum Gasteiger partial charge on any atom is -0.478 e.